The number of methoxy groups -OCH3 is 1. The molecule has 0 saturated heterocycles. The number of aromatic amines is 1. The lowest BCUT2D eigenvalue weighted by atomic mass is 10.1. The van der Waals surface area contributed by atoms with Crippen LogP contribution in [0.5, 0.6) is 5.75 Å². The van der Waals surface area contributed by atoms with Crippen molar-refractivity contribution in [3.63, 3.8) is 0 Å². The van der Waals surface area contributed by atoms with Crippen molar-refractivity contribution in [2.24, 2.45) is 0 Å². The second kappa shape index (κ2) is 6.35. The number of amides is 1. The van der Waals surface area contributed by atoms with Gasteiger partial charge in [0.05, 0.1) is 12.7 Å². The molecule has 4 nitrogen and oxygen atoms in total. The van der Waals surface area contributed by atoms with Crippen molar-refractivity contribution in [1.82, 2.24) is 10.3 Å². The summed E-state index contributed by atoms with van der Waals surface area (Å²) in [5, 5.41) is 3.91. The number of ether oxygens (including phenoxy) is 1. The average Bonchev–Trinajstić information content (AvgIpc) is 2.99. The third-order valence-corrected chi connectivity index (χ3v) is 3.67. The summed E-state index contributed by atoms with van der Waals surface area (Å²) >= 11 is 0. The molecule has 0 bridgehead atoms. The summed E-state index contributed by atoms with van der Waals surface area (Å²) in [4.78, 5) is 15.4. The second-order valence-electron chi connectivity index (χ2n) is 5.11. The Morgan fingerprint density at radius 1 is 1.18 bits per heavy atom. The molecular weight excluding hydrogens is 276 g/mol. The molecule has 0 aliphatic heterocycles. The van der Waals surface area contributed by atoms with Gasteiger partial charge in [-0.25, -0.2) is 0 Å². The Morgan fingerprint density at radius 2 is 2.05 bits per heavy atom. The molecule has 0 saturated carbocycles. The highest BCUT2D eigenvalue weighted by atomic mass is 16.5. The highest BCUT2D eigenvalue weighted by Crippen LogP contribution is 2.17. The Balaban J connectivity index is 1.62. The molecule has 2 aromatic carbocycles. The number of hydrogen-bond acceptors (Lipinski definition) is 2. The van der Waals surface area contributed by atoms with Crippen molar-refractivity contribution in [3.8, 4) is 5.75 Å². The van der Waals surface area contributed by atoms with Crippen LogP contribution in [-0.2, 0) is 6.42 Å². The molecule has 1 heterocycles. The van der Waals surface area contributed by atoms with Gasteiger partial charge in [-0.1, -0.05) is 30.3 Å². The third-order valence-electron chi connectivity index (χ3n) is 3.67. The Morgan fingerprint density at radius 3 is 2.91 bits per heavy atom. The van der Waals surface area contributed by atoms with E-state index in [-0.39, 0.29) is 5.91 Å². The maximum Gasteiger partial charge on any atom is 0.253 e. The molecule has 0 fully saturated rings. The minimum Gasteiger partial charge on any atom is -0.497 e. The Hall–Kier alpha value is -2.75. The van der Waals surface area contributed by atoms with E-state index in [2.05, 4.69) is 10.3 Å². The van der Waals surface area contributed by atoms with Gasteiger partial charge in [-0.2, -0.15) is 0 Å². The van der Waals surface area contributed by atoms with Crippen LogP contribution in [-0.4, -0.2) is 24.5 Å². The fourth-order valence-electron chi connectivity index (χ4n) is 2.50. The quantitative estimate of drug-likeness (QED) is 0.759. The van der Waals surface area contributed by atoms with Gasteiger partial charge < -0.3 is 15.0 Å². The maximum atomic E-state index is 12.3. The van der Waals surface area contributed by atoms with E-state index < -0.39 is 0 Å². The molecule has 112 valence electrons. The minimum absolute atomic E-state index is 0.0552. The number of fused-ring (bicyclic) bond motifs is 1. The summed E-state index contributed by atoms with van der Waals surface area (Å²) in [5.74, 6) is 0.779. The Kier molecular flexibility index (Phi) is 4.10. The molecule has 0 aliphatic rings. The Labute approximate surface area is 129 Å². The largest absolute Gasteiger partial charge is 0.497 e. The molecule has 2 N–H and O–H groups in total. The van der Waals surface area contributed by atoms with E-state index in [0.717, 1.165) is 28.6 Å². The molecule has 22 heavy (non-hydrogen) atoms. The fourth-order valence-corrected chi connectivity index (χ4v) is 2.50. The lowest BCUT2D eigenvalue weighted by Gasteiger charge is -2.06. The van der Waals surface area contributed by atoms with Gasteiger partial charge in [0.25, 0.3) is 5.91 Å². The predicted octanol–water partition coefficient (Wildman–Crippen LogP) is 3.15. The lowest BCUT2D eigenvalue weighted by molar-refractivity contribution is 0.0956. The number of nitrogens with one attached hydrogen (secondary N) is 2. The number of benzene rings is 2. The SMILES string of the molecule is COc1cccc(CCNC(=O)c2c[nH]c3ccccc23)c1. The zero-order valence-corrected chi connectivity index (χ0v) is 12.4. The van der Waals surface area contributed by atoms with Crippen molar-refractivity contribution in [2.45, 2.75) is 6.42 Å². The smallest absolute Gasteiger partial charge is 0.253 e. The van der Waals surface area contributed by atoms with Gasteiger partial charge in [0.1, 0.15) is 5.75 Å². The standard InChI is InChI=1S/C18H18N2O2/c1-22-14-6-4-5-13(11-14)9-10-19-18(21)16-12-20-17-8-3-2-7-15(16)17/h2-8,11-12,20H,9-10H2,1H3,(H,19,21). The van der Waals surface area contributed by atoms with Crippen LogP contribution in [0.3, 0.4) is 0 Å². The van der Waals surface area contributed by atoms with Crippen molar-refractivity contribution >= 4 is 16.8 Å². The van der Waals surface area contributed by atoms with Crippen molar-refractivity contribution in [2.75, 3.05) is 13.7 Å². The maximum absolute atomic E-state index is 12.3. The molecule has 0 spiro atoms. The minimum atomic E-state index is -0.0552. The number of H-pyrrole nitrogens is 1. The van der Waals surface area contributed by atoms with Gasteiger partial charge in [-0.05, 0) is 30.2 Å². The topological polar surface area (TPSA) is 54.1 Å². The third kappa shape index (κ3) is 2.96. The van der Waals surface area contributed by atoms with Crippen LogP contribution >= 0.6 is 0 Å². The van der Waals surface area contributed by atoms with Gasteiger partial charge in [0.2, 0.25) is 0 Å². The number of carbonyl (C=O) groups is 1. The van der Waals surface area contributed by atoms with Crippen LogP contribution in [0.25, 0.3) is 10.9 Å². The molecule has 1 aromatic heterocycles. The van der Waals surface area contributed by atoms with E-state index in [4.69, 9.17) is 4.74 Å². The van der Waals surface area contributed by atoms with Crippen LogP contribution in [0.4, 0.5) is 0 Å². The summed E-state index contributed by atoms with van der Waals surface area (Å²) in [6, 6.07) is 15.7. The molecule has 0 unspecified atom stereocenters. The predicted molar refractivity (Wildman–Crippen MR) is 87.3 cm³/mol. The molecule has 3 rings (SSSR count). The van der Waals surface area contributed by atoms with Crippen LogP contribution in [0.15, 0.2) is 54.7 Å². The summed E-state index contributed by atoms with van der Waals surface area (Å²) < 4.78 is 5.20. The average molecular weight is 294 g/mol. The van der Waals surface area contributed by atoms with E-state index in [9.17, 15) is 4.79 Å². The normalized spacial score (nSPS) is 10.6. The van der Waals surface area contributed by atoms with Crippen LogP contribution in [0, 0.1) is 0 Å². The van der Waals surface area contributed by atoms with Crippen LogP contribution in [0.1, 0.15) is 15.9 Å². The number of aromatic nitrogens is 1. The van der Waals surface area contributed by atoms with Crippen molar-refractivity contribution < 1.29 is 9.53 Å². The summed E-state index contributed by atoms with van der Waals surface area (Å²) in [6.45, 7) is 0.589. The first-order valence-corrected chi connectivity index (χ1v) is 7.25. The summed E-state index contributed by atoms with van der Waals surface area (Å²) in [7, 11) is 1.65. The highest BCUT2D eigenvalue weighted by molar-refractivity contribution is 6.06. The van der Waals surface area contributed by atoms with Gasteiger partial charge in [-0.3, -0.25) is 4.79 Å². The van der Waals surface area contributed by atoms with Gasteiger partial charge in [0, 0.05) is 23.6 Å². The first kappa shape index (κ1) is 14.2. The van der Waals surface area contributed by atoms with E-state index in [1.807, 2.05) is 48.5 Å². The molecule has 0 aliphatic carbocycles. The summed E-state index contributed by atoms with van der Waals surface area (Å²) in [5.41, 5.74) is 2.79. The zero-order valence-electron chi connectivity index (χ0n) is 12.4. The molecule has 3 aromatic rings. The van der Waals surface area contributed by atoms with Crippen molar-refractivity contribution in [1.29, 1.82) is 0 Å². The van der Waals surface area contributed by atoms with E-state index in [1.54, 1.807) is 13.3 Å². The molecule has 4 heteroatoms. The van der Waals surface area contributed by atoms with Gasteiger partial charge in [-0.15, -0.1) is 0 Å². The van der Waals surface area contributed by atoms with E-state index >= 15 is 0 Å². The number of rotatable bonds is 5. The summed E-state index contributed by atoms with van der Waals surface area (Å²) in [6.07, 6.45) is 2.52. The highest BCUT2D eigenvalue weighted by Gasteiger charge is 2.10. The van der Waals surface area contributed by atoms with Crippen LogP contribution < -0.4 is 10.1 Å². The van der Waals surface area contributed by atoms with E-state index in [1.165, 1.54) is 0 Å². The number of para-hydroxylation sites is 1. The number of hydrogen-bond donors (Lipinski definition) is 2. The molecule has 1 amide bonds. The van der Waals surface area contributed by atoms with Crippen molar-refractivity contribution in [3.05, 3.63) is 65.9 Å². The van der Waals surface area contributed by atoms with Gasteiger partial charge in [0.15, 0.2) is 0 Å². The fraction of sp³-hybridized carbons (Fsp3) is 0.167. The monoisotopic (exact) mass is 294 g/mol. The molecular formula is C18H18N2O2. The van der Waals surface area contributed by atoms with Gasteiger partial charge >= 0.3 is 0 Å². The number of carbonyl (C=O) groups excluding carboxylic acids is 1. The van der Waals surface area contributed by atoms with Crippen LogP contribution in [0.2, 0.25) is 0 Å². The zero-order chi connectivity index (χ0) is 15.4. The first-order chi connectivity index (χ1) is 10.8. The Bertz CT molecular complexity index is 792. The molecule has 0 atom stereocenters. The first-order valence-electron chi connectivity index (χ1n) is 7.25. The van der Waals surface area contributed by atoms with E-state index in [0.29, 0.717) is 12.1 Å². The lowest BCUT2D eigenvalue weighted by Crippen LogP contribution is -2.25. The second-order valence-corrected chi connectivity index (χ2v) is 5.11. The molecule has 0 radical (unpaired) electrons.